The zero-order valence-electron chi connectivity index (χ0n) is 8.94. The largest absolute Gasteiger partial charge is 0.241 e. The van der Waals surface area contributed by atoms with Gasteiger partial charge in [0.15, 0.2) is 0 Å². The monoisotopic (exact) mass is 276 g/mol. The van der Waals surface area contributed by atoms with Crippen LogP contribution in [0.15, 0.2) is 30.6 Å². The van der Waals surface area contributed by atoms with Crippen LogP contribution in [0.4, 0.5) is 0 Å². The van der Waals surface area contributed by atoms with Crippen LogP contribution < -0.4 is 0 Å². The van der Waals surface area contributed by atoms with Gasteiger partial charge >= 0.3 is 0 Å². The molecule has 2 nitrogen and oxygen atoms in total. The molecule has 1 saturated carbocycles. The lowest BCUT2D eigenvalue weighted by Crippen LogP contribution is -2.07. The van der Waals surface area contributed by atoms with Gasteiger partial charge in [0.1, 0.15) is 6.33 Å². The summed E-state index contributed by atoms with van der Waals surface area (Å²) in [6.07, 6.45) is 5.40. The summed E-state index contributed by atoms with van der Waals surface area (Å²) in [4.78, 5) is 9.27. The third kappa shape index (κ3) is 1.96. The van der Waals surface area contributed by atoms with Gasteiger partial charge in [0.2, 0.25) is 0 Å². The summed E-state index contributed by atoms with van der Waals surface area (Å²) in [5.74, 6) is 0.855. The van der Waals surface area contributed by atoms with Gasteiger partial charge in [0.05, 0.1) is 11.2 Å². The van der Waals surface area contributed by atoms with Crippen molar-refractivity contribution in [2.75, 3.05) is 0 Å². The van der Waals surface area contributed by atoms with E-state index in [4.69, 9.17) is 0 Å². The smallest absolute Gasteiger partial charge is 0.116 e. The van der Waals surface area contributed by atoms with Crippen molar-refractivity contribution in [2.24, 2.45) is 5.92 Å². The molecular formula is C13H13BrN2. The summed E-state index contributed by atoms with van der Waals surface area (Å²) in [6, 6.07) is 8.22. The minimum atomic E-state index is 0.575. The molecule has 0 amide bonds. The van der Waals surface area contributed by atoms with E-state index in [0.717, 1.165) is 17.9 Å². The number of alkyl halides is 1. The van der Waals surface area contributed by atoms with Crippen LogP contribution in [-0.4, -0.2) is 14.8 Å². The van der Waals surface area contributed by atoms with Crippen LogP contribution >= 0.6 is 15.9 Å². The highest BCUT2D eigenvalue weighted by molar-refractivity contribution is 9.09. The van der Waals surface area contributed by atoms with E-state index in [2.05, 4.69) is 38.0 Å². The Bertz CT molecular complexity index is 503. The molecule has 1 aromatic carbocycles. The molecule has 0 radical (unpaired) electrons. The molecule has 16 heavy (non-hydrogen) atoms. The molecule has 1 aliphatic carbocycles. The number of para-hydroxylation sites is 1. The molecule has 1 atom stereocenters. The lowest BCUT2D eigenvalue weighted by molar-refractivity contribution is 0.749. The van der Waals surface area contributed by atoms with E-state index in [1.54, 1.807) is 6.33 Å². The number of hydrogen-bond donors (Lipinski definition) is 0. The van der Waals surface area contributed by atoms with Crippen LogP contribution in [0.25, 0.3) is 10.9 Å². The van der Waals surface area contributed by atoms with Gasteiger partial charge in [-0.25, -0.2) is 9.97 Å². The molecule has 2 aromatic rings. The fourth-order valence-electron chi connectivity index (χ4n) is 2.03. The van der Waals surface area contributed by atoms with Crippen LogP contribution in [0.3, 0.4) is 0 Å². The van der Waals surface area contributed by atoms with Gasteiger partial charge < -0.3 is 0 Å². The Balaban J connectivity index is 1.95. The summed E-state index contributed by atoms with van der Waals surface area (Å²) in [5, 5.41) is 1.19. The minimum Gasteiger partial charge on any atom is -0.241 e. The second-order valence-corrected chi connectivity index (χ2v) is 5.57. The van der Waals surface area contributed by atoms with Gasteiger partial charge in [-0.05, 0) is 24.8 Å². The molecule has 3 heteroatoms. The van der Waals surface area contributed by atoms with E-state index in [1.807, 2.05) is 12.1 Å². The summed E-state index contributed by atoms with van der Waals surface area (Å²) in [5.41, 5.74) is 2.21. The molecule has 0 bridgehead atoms. The Morgan fingerprint density at radius 2 is 2.06 bits per heavy atom. The van der Waals surface area contributed by atoms with Crippen LogP contribution in [0.5, 0.6) is 0 Å². The molecule has 1 aliphatic rings. The Kier molecular flexibility index (Phi) is 2.64. The predicted molar refractivity (Wildman–Crippen MR) is 68.7 cm³/mol. The van der Waals surface area contributed by atoms with Gasteiger partial charge in [0, 0.05) is 16.6 Å². The van der Waals surface area contributed by atoms with Crippen LogP contribution in [0, 0.1) is 5.92 Å². The van der Waals surface area contributed by atoms with Crippen LogP contribution in [0.1, 0.15) is 18.5 Å². The average molecular weight is 277 g/mol. The highest BCUT2D eigenvalue weighted by atomic mass is 79.9. The molecule has 82 valence electrons. The standard InChI is InChI=1S/C13H13BrN2/c14-11(9-5-6-9)7-13-10-3-1-2-4-12(10)15-8-16-13/h1-4,8-9,11H,5-7H2. The maximum Gasteiger partial charge on any atom is 0.116 e. The first-order chi connectivity index (χ1) is 7.84. The first-order valence-electron chi connectivity index (χ1n) is 5.67. The Hall–Kier alpha value is -0.960. The van der Waals surface area contributed by atoms with Gasteiger partial charge in [0.25, 0.3) is 0 Å². The van der Waals surface area contributed by atoms with E-state index in [0.29, 0.717) is 4.83 Å². The molecule has 3 rings (SSSR count). The predicted octanol–water partition coefficient (Wildman–Crippen LogP) is 3.35. The Morgan fingerprint density at radius 3 is 2.88 bits per heavy atom. The van der Waals surface area contributed by atoms with Crippen molar-refractivity contribution in [2.45, 2.75) is 24.1 Å². The maximum atomic E-state index is 4.42. The van der Waals surface area contributed by atoms with Crippen LogP contribution in [-0.2, 0) is 6.42 Å². The number of halogens is 1. The molecular weight excluding hydrogens is 264 g/mol. The maximum absolute atomic E-state index is 4.42. The second-order valence-electron chi connectivity index (χ2n) is 4.40. The highest BCUT2D eigenvalue weighted by Crippen LogP contribution is 2.38. The number of hydrogen-bond acceptors (Lipinski definition) is 2. The van der Waals surface area contributed by atoms with Gasteiger partial charge in [-0.15, -0.1) is 0 Å². The third-order valence-electron chi connectivity index (χ3n) is 3.15. The van der Waals surface area contributed by atoms with Crippen molar-refractivity contribution in [1.82, 2.24) is 9.97 Å². The van der Waals surface area contributed by atoms with E-state index >= 15 is 0 Å². The molecule has 0 saturated heterocycles. The van der Waals surface area contributed by atoms with Crippen molar-refractivity contribution in [1.29, 1.82) is 0 Å². The van der Waals surface area contributed by atoms with Crippen molar-refractivity contribution < 1.29 is 0 Å². The van der Waals surface area contributed by atoms with Crippen LogP contribution in [0.2, 0.25) is 0 Å². The fourth-order valence-corrected chi connectivity index (χ4v) is 2.87. The zero-order valence-corrected chi connectivity index (χ0v) is 10.5. The normalized spacial score (nSPS) is 17.6. The minimum absolute atomic E-state index is 0.575. The quantitative estimate of drug-likeness (QED) is 0.804. The summed E-state index contributed by atoms with van der Waals surface area (Å²) >= 11 is 3.77. The highest BCUT2D eigenvalue weighted by Gasteiger charge is 2.29. The van der Waals surface area contributed by atoms with Gasteiger partial charge in [-0.1, -0.05) is 34.1 Å². The molecule has 1 unspecified atom stereocenters. The van der Waals surface area contributed by atoms with E-state index in [-0.39, 0.29) is 0 Å². The summed E-state index contributed by atoms with van der Waals surface area (Å²) in [6.45, 7) is 0. The lowest BCUT2D eigenvalue weighted by Gasteiger charge is -2.09. The Morgan fingerprint density at radius 1 is 1.25 bits per heavy atom. The van der Waals surface area contributed by atoms with Crippen molar-refractivity contribution >= 4 is 26.8 Å². The molecule has 1 heterocycles. The van der Waals surface area contributed by atoms with Crippen molar-refractivity contribution in [3.8, 4) is 0 Å². The topological polar surface area (TPSA) is 25.8 Å². The van der Waals surface area contributed by atoms with E-state index < -0.39 is 0 Å². The molecule has 1 fully saturated rings. The summed E-state index contributed by atoms with van der Waals surface area (Å²) < 4.78 is 0. The molecule has 0 spiro atoms. The van der Waals surface area contributed by atoms with Gasteiger partial charge in [-0.2, -0.15) is 0 Å². The second kappa shape index (κ2) is 4.13. The first kappa shape index (κ1) is 10.2. The fraction of sp³-hybridized carbons (Fsp3) is 0.385. The average Bonchev–Trinajstić information content (AvgIpc) is 3.13. The van der Waals surface area contributed by atoms with E-state index in [1.165, 1.54) is 23.9 Å². The number of benzene rings is 1. The molecule has 0 N–H and O–H groups in total. The zero-order chi connectivity index (χ0) is 11.0. The Labute approximate surface area is 103 Å². The van der Waals surface area contributed by atoms with Crippen molar-refractivity contribution in [3.63, 3.8) is 0 Å². The first-order valence-corrected chi connectivity index (χ1v) is 6.59. The number of nitrogens with zero attached hydrogens (tertiary/aromatic N) is 2. The number of fused-ring (bicyclic) bond motifs is 1. The third-order valence-corrected chi connectivity index (χ3v) is 4.22. The van der Waals surface area contributed by atoms with E-state index in [9.17, 15) is 0 Å². The number of rotatable bonds is 3. The number of aromatic nitrogens is 2. The SMILES string of the molecule is BrC(Cc1ncnc2ccccc12)C1CC1. The molecule has 0 aliphatic heterocycles. The lowest BCUT2D eigenvalue weighted by atomic mass is 10.1. The van der Waals surface area contributed by atoms with Gasteiger partial charge in [-0.3, -0.25) is 0 Å². The molecule has 1 aromatic heterocycles. The van der Waals surface area contributed by atoms with Crippen molar-refractivity contribution in [3.05, 3.63) is 36.3 Å². The summed E-state index contributed by atoms with van der Waals surface area (Å²) in [7, 11) is 0.